The van der Waals surface area contributed by atoms with Crippen LogP contribution in [0, 0.1) is 0 Å². The Hall–Kier alpha value is -1.85. The smallest absolute Gasteiger partial charge is 0.248 e. The molecular formula is C13H19N5O. The lowest BCUT2D eigenvalue weighted by atomic mass is 10.3. The first-order chi connectivity index (χ1) is 9.26. The van der Waals surface area contributed by atoms with Gasteiger partial charge in [0.25, 0.3) is 0 Å². The van der Waals surface area contributed by atoms with E-state index < -0.39 is 0 Å². The number of hydrogen-bond donors (Lipinski definition) is 1. The third-order valence-electron chi connectivity index (χ3n) is 3.24. The molecule has 6 heteroatoms. The summed E-state index contributed by atoms with van der Waals surface area (Å²) in [4.78, 5) is 4.44. The van der Waals surface area contributed by atoms with Crippen LogP contribution in [0.5, 0.6) is 0 Å². The van der Waals surface area contributed by atoms with Gasteiger partial charge in [0.2, 0.25) is 5.89 Å². The van der Waals surface area contributed by atoms with Crippen LogP contribution in [0.3, 0.4) is 0 Å². The zero-order chi connectivity index (χ0) is 13.2. The summed E-state index contributed by atoms with van der Waals surface area (Å²) in [6.07, 6.45) is 7.27. The van der Waals surface area contributed by atoms with Gasteiger partial charge in [-0.15, -0.1) is 0 Å². The second kappa shape index (κ2) is 5.03. The summed E-state index contributed by atoms with van der Waals surface area (Å²) >= 11 is 0. The van der Waals surface area contributed by atoms with Crippen LogP contribution in [0.1, 0.15) is 56.8 Å². The third kappa shape index (κ3) is 2.77. The minimum absolute atomic E-state index is 0.000670. The van der Waals surface area contributed by atoms with Crippen LogP contribution in [0.4, 0.5) is 5.69 Å². The van der Waals surface area contributed by atoms with Gasteiger partial charge in [-0.25, -0.2) is 0 Å². The highest BCUT2D eigenvalue weighted by Gasteiger charge is 2.29. The van der Waals surface area contributed by atoms with Crippen LogP contribution in [-0.2, 0) is 6.54 Å². The summed E-state index contributed by atoms with van der Waals surface area (Å²) < 4.78 is 7.23. The number of nitrogens with zero attached hydrogens (tertiary/aromatic N) is 4. The Morgan fingerprint density at radius 1 is 1.53 bits per heavy atom. The molecule has 2 heterocycles. The normalized spacial score (nSPS) is 16.5. The molecule has 0 bridgehead atoms. The summed E-state index contributed by atoms with van der Waals surface area (Å²) in [5.74, 6) is 2.02. The van der Waals surface area contributed by atoms with Gasteiger partial charge < -0.3 is 9.84 Å². The average molecular weight is 261 g/mol. The molecule has 0 amide bonds. The first kappa shape index (κ1) is 12.2. The fourth-order valence-electron chi connectivity index (χ4n) is 2.03. The molecule has 1 aliphatic carbocycles. The number of aryl methyl sites for hydroxylation is 1. The van der Waals surface area contributed by atoms with Crippen molar-refractivity contribution in [3.63, 3.8) is 0 Å². The zero-order valence-electron chi connectivity index (χ0n) is 11.3. The number of aromatic nitrogens is 4. The van der Waals surface area contributed by atoms with Crippen molar-refractivity contribution in [3.8, 4) is 0 Å². The summed E-state index contributed by atoms with van der Waals surface area (Å²) in [5.41, 5.74) is 0.979. The van der Waals surface area contributed by atoms with Crippen molar-refractivity contribution in [2.75, 3.05) is 5.32 Å². The van der Waals surface area contributed by atoms with Gasteiger partial charge in [-0.2, -0.15) is 10.1 Å². The van der Waals surface area contributed by atoms with E-state index in [0.717, 1.165) is 24.5 Å². The van der Waals surface area contributed by atoms with Gasteiger partial charge in [0, 0.05) is 18.7 Å². The van der Waals surface area contributed by atoms with Crippen molar-refractivity contribution in [1.29, 1.82) is 0 Å². The van der Waals surface area contributed by atoms with E-state index in [2.05, 4.69) is 27.5 Å². The molecule has 0 aromatic carbocycles. The molecule has 1 fully saturated rings. The van der Waals surface area contributed by atoms with Crippen LogP contribution in [0.15, 0.2) is 16.9 Å². The largest absolute Gasteiger partial charge is 0.371 e. The van der Waals surface area contributed by atoms with Gasteiger partial charge in [0.1, 0.15) is 6.04 Å². The van der Waals surface area contributed by atoms with Gasteiger partial charge in [0.15, 0.2) is 5.82 Å². The molecule has 19 heavy (non-hydrogen) atoms. The monoisotopic (exact) mass is 261 g/mol. The Morgan fingerprint density at radius 3 is 3.11 bits per heavy atom. The van der Waals surface area contributed by atoms with E-state index in [1.165, 1.54) is 12.8 Å². The van der Waals surface area contributed by atoms with Crippen molar-refractivity contribution in [3.05, 3.63) is 24.1 Å². The Kier molecular flexibility index (Phi) is 3.23. The Balaban J connectivity index is 1.63. The first-order valence-electron chi connectivity index (χ1n) is 6.88. The van der Waals surface area contributed by atoms with Crippen LogP contribution in [0.25, 0.3) is 0 Å². The molecule has 1 aliphatic rings. The van der Waals surface area contributed by atoms with E-state index in [4.69, 9.17) is 4.52 Å². The molecule has 3 rings (SSSR count). The number of anilines is 1. The first-order valence-corrected chi connectivity index (χ1v) is 6.88. The Bertz CT molecular complexity index is 543. The highest BCUT2D eigenvalue weighted by Crippen LogP contribution is 2.38. The summed E-state index contributed by atoms with van der Waals surface area (Å²) in [5, 5.41) is 11.6. The van der Waals surface area contributed by atoms with E-state index in [-0.39, 0.29) is 6.04 Å². The molecule has 102 valence electrons. The van der Waals surface area contributed by atoms with Crippen molar-refractivity contribution >= 4 is 5.69 Å². The van der Waals surface area contributed by atoms with Gasteiger partial charge in [-0.05, 0) is 26.2 Å². The lowest BCUT2D eigenvalue weighted by Gasteiger charge is -2.08. The van der Waals surface area contributed by atoms with Crippen LogP contribution in [0.2, 0.25) is 0 Å². The molecule has 6 nitrogen and oxygen atoms in total. The standard InChI is InChI=1S/C13H19N5O/c1-3-6-18-8-11(7-14-18)15-9(2)13-16-12(17-19-13)10-4-5-10/h7-10,15H,3-6H2,1-2H3/t9-/m1/s1. The van der Waals surface area contributed by atoms with Crippen LogP contribution in [-0.4, -0.2) is 19.9 Å². The van der Waals surface area contributed by atoms with E-state index in [1.807, 2.05) is 24.0 Å². The quantitative estimate of drug-likeness (QED) is 0.865. The van der Waals surface area contributed by atoms with Crippen molar-refractivity contribution in [2.24, 2.45) is 0 Å². The maximum absolute atomic E-state index is 5.30. The average Bonchev–Trinajstić information content (AvgIpc) is 2.96. The predicted molar refractivity (Wildman–Crippen MR) is 70.8 cm³/mol. The minimum atomic E-state index is -0.000670. The molecule has 0 aliphatic heterocycles. The lowest BCUT2D eigenvalue weighted by molar-refractivity contribution is 0.363. The van der Waals surface area contributed by atoms with Crippen LogP contribution >= 0.6 is 0 Å². The molecule has 0 saturated heterocycles. The Labute approximate surface area is 112 Å². The number of hydrogen-bond acceptors (Lipinski definition) is 5. The van der Waals surface area contributed by atoms with E-state index >= 15 is 0 Å². The fourth-order valence-corrected chi connectivity index (χ4v) is 2.03. The summed E-state index contributed by atoms with van der Waals surface area (Å²) in [6, 6.07) is -0.000670. The van der Waals surface area contributed by atoms with E-state index in [1.54, 1.807) is 0 Å². The maximum Gasteiger partial charge on any atom is 0.248 e. The summed E-state index contributed by atoms with van der Waals surface area (Å²) in [6.45, 7) is 5.08. The molecule has 1 N–H and O–H groups in total. The molecule has 1 atom stereocenters. The summed E-state index contributed by atoms with van der Waals surface area (Å²) in [7, 11) is 0. The SMILES string of the molecule is CCCn1cc(N[C@H](C)c2nc(C3CC3)no2)cn1. The molecule has 2 aromatic rings. The topological polar surface area (TPSA) is 68.8 Å². The van der Waals surface area contributed by atoms with Crippen molar-refractivity contribution in [1.82, 2.24) is 19.9 Å². The van der Waals surface area contributed by atoms with E-state index in [0.29, 0.717) is 11.8 Å². The number of nitrogens with one attached hydrogen (secondary N) is 1. The molecular weight excluding hydrogens is 242 g/mol. The third-order valence-corrected chi connectivity index (χ3v) is 3.24. The van der Waals surface area contributed by atoms with Crippen molar-refractivity contribution in [2.45, 2.75) is 51.6 Å². The highest BCUT2D eigenvalue weighted by molar-refractivity contribution is 5.39. The molecule has 0 radical (unpaired) electrons. The zero-order valence-corrected chi connectivity index (χ0v) is 11.3. The van der Waals surface area contributed by atoms with E-state index in [9.17, 15) is 0 Å². The fraction of sp³-hybridized carbons (Fsp3) is 0.615. The maximum atomic E-state index is 5.30. The lowest BCUT2D eigenvalue weighted by Crippen LogP contribution is -2.06. The second-order valence-corrected chi connectivity index (χ2v) is 5.12. The highest BCUT2D eigenvalue weighted by atomic mass is 16.5. The molecule has 0 spiro atoms. The van der Waals surface area contributed by atoms with Gasteiger partial charge in [-0.3, -0.25) is 4.68 Å². The molecule has 0 unspecified atom stereocenters. The second-order valence-electron chi connectivity index (χ2n) is 5.12. The Morgan fingerprint density at radius 2 is 2.37 bits per heavy atom. The number of rotatable bonds is 6. The van der Waals surface area contributed by atoms with Gasteiger partial charge in [-0.1, -0.05) is 12.1 Å². The molecule has 2 aromatic heterocycles. The van der Waals surface area contributed by atoms with Gasteiger partial charge in [0.05, 0.1) is 11.9 Å². The van der Waals surface area contributed by atoms with Gasteiger partial charge >= 0.3 is 0 Å². The molecule has 1 saturated carbocycles. The minimum Gasteiger partial charge on any atom is -0.371 e. The van der Waals surface area contributed by atoms with Crippen molar-refractivity contribution < 1.29 is 4.52 Å². The van der Waals surface area contributed by atoms with Crippen LogP contribution < -0.4 is 5.32 Å². The predicted octanol–water partition coefficient (Wildman–Crippen LogP) is 2.73.